The number of rotatable bonds is 4. The van der Waals surface area contributed by atoms with Gasteiger partial charge >= 0.3 is 0 Å². The molecule has 6 nitrogen and oxygen atoms in total. The van der Waals surface area contributed by atoms with Gasteiger partial charge in [0.05, 0.1) is 18.7 Å². The number of benzene rings is 3. The van der Waals surface area contributed by atoms with Gasteiger partial charge < -0.3 is 19.3 Å². The first kappa shape index (κ1) is 26.3. The molecule has 3 aromatic carbocycles. The van der Waals surface area contributed by atoms with E-state index in [2.05, 4.69) is 12.1 Å². The van der Waals surface area contributed by atoms with Crippen molar-refractivity contribution >= 4 is 11.8 Å². The molecular formula is C31H36N2O4. The highest BCUT2D eigenvalue weighted by molar-refractivity contribution is 5.97. The Morgan fingerprint density at radius 3 is 2.43 bits per heavy atom. The van der Waals surface area contributed by atoms with Crippen LogP contribution in [0.1, 0.15) is 52.0 Å². The zero-order chi connectivity index (χ0) is 26.0. The zero-order valence-corrected chi connectivity index (χ0v) is 21.8. The van der Waals surface area contributed by atoms with Gasteiger partial charge in [-0.25, -0.2) is 0 Å². The molecule has 0 bridgehead atoms. The number of ether oxygens (including phenoxy) is 2. The summed E-state index contributed by atoms with van der Waals surface area (Å²) in [5.74, 6) is 1.11. The molecule has 0 aromatic heterocycles. The largest absolute Gasteiger partial charge is 0.497 e. The molecule has 0 saturated heterocycles. The topological polar surface area (TPSA) is 59.1 Å². The summed E-state index contributed by atoms with van der Waals surface area (Å²) in [5, 5.41) is 0. The first-order valence-electron chi connectivity index (χ1n) is 13.0. The molecule has 0 saturated carbocycles. The van der Waals surface area contributed by atoms with Crippen LogP contribution in [-0.4, -0.2) is 61.5 Å². The lowest BCUT2D eigenvalue weighted by atomic mass is 10.0. The Balaban J connectivity index is 1.69. The third kappa shape index (κ3) is 6.91. The number of fused-ring (bicyclic) bond motifs is 1. The molecule has 1 atom stereocenters. The number of para-hydroxylation sites is 1. The number of carbonyl (C=O) groups excluding carboxylic acids is 2. The zero-order valence-electron chi connectivity index (χ0n) is 21.8. The molecule has 4 rings (SSSR count). The Labute approximate surface area is 219 Å². The average molecular weight is 501 g/mol. The van der Waals surface area contributed by atoms with Crippen molar-refractivity contribution in [3.05, 3.63) is 95.6 Å². The molecule has 0 N–H and O–H groups in total. The number of nitrogens with zero attached hydrogens (tertiary/aromatic N) is 2. The van der Waals surface area contributed by atoms with E-state index in [1.807, 2.05) is 72.6 Å². The summed E-state index contributed by atoms with van der Waals surface area (Å²) in [4.78, 5) is 30.8. The predicted molar refractivity (Wildman–Crippen MR) is 145 cm³/mol. The highest BCUT2D eigenvalue weighted by Crippen LogP contribution is 2.24. The van der Waals surface area contributed by atoms with E-state index in [-0.39, 0.29) is 24.5 Å². The van der Waals surface area contributed by atoms with Gasteiger partial charge in [-0.3, -0.25) is 9.59 Å². The van der Waals surface area contributed by atoms with E-state index in [1.165, 1.54) is 0 Å². The van der Waals surface area contributed by atoms with Gasteiger partial charge in [0.1, 0.15) is 18.1 Å². The second-order valence-electron chi connectivity index (χ2n) is 9.52. The van der Waals surface area contributed by atoms with Gasteiger partial charge in [-0.15, -0.1) is 0 Å². The Hall–Kier alpha value is -3.80. The second-order valence-corrected chi connectivity index (χ2v) is 9.52. The highest BCUT2D eigenvalue weighted by atomic mass is 16.5. The predicted octanol–water partition coefficient (Wildman–Crippen LogP) is 5.47. The van der Waals surface area contributed by atoms with Gasteiger partial charge in [0.25, 0.3) is 11.8 Å². The number of hydrogen-bond donors (Lipinski definition) is 0. The minimum atomic E-state index is -0.218. The second kappa shape index (κ2) is 12.9. The first-order chi connectivity index (χ1) is 18.1. The van der Waals surface area contributed by atoms with E-state index in [4.69, 9.17) is 9.47 Å². The van der Waals surface area contributed by atoms with Crippen molar-refractivity contribution in [1.29, 1.82) is 0 Å². The fourth-order valence-corrected chi connectivity index (χ4v) is 4.76. The van der Waals surface area contributed by atoms with Crippen LogP contribution in [0.15, 0.2) is 78.9 Å². The summed E-state index contributed by atoms with van der Waals surface area (Å²) in [7, 11) is 3.45. The van der Waals surface area contributed by atoms with Crippen LogP contribution in [0.5, 0.6) is 11.5 Å². The Morgan fingerprint density at radius 1 is 0.919 bits per heavy atom. The lowest BCUT2D eigenvalue weighted by Gasteiger charge is -2.33. The summed E-state index contributed by atoms with van der Waals surface area (Å²) in [5.41, 5.74) is 2.27. The van der Waals surface area contributed by atoms with Crippen LogP contribution in [0, 0.1) is 0 Å². The minimum absolute atomic E-state index is 0.0420. The van der Waals surface area contributed by atoms with E-state index in [0.29, 0.717) is 42.1 Å². The summed E-state index contributed by atoms with van der Waals surface area (Å²) in [6, 6.07) is 24.6. The van der Waals surface area contributed by atoms with Crippen molar-refractivity contribution in [2.75, 3.05) is 33.9 Å². The molecule has 1 heterocycles. The maximum Gasteiger partial charge on any atom is 0.257 e. The van der Waals surface area contributed by atoms with Crippen LogP contribution in [0.2, 0.25) is 0 Å². The molecule has 1 aliphatic heterocycles. The number of hydrogen-bond acceptors (Lipinski definition) is 4. The smallest absolute Gasteiger partial charge is 0.257 e. The van der Waals surface area contributed by atoms with Crippen LogP contribution in [0.25, 0.3) is 0 Å². The van der Waals surface area contributed by atoms with E-state index in [9.17, 15) is 9.59 Å². The number of amides is 2. The summed E-state index contributed by atoms with van der Waals surface area (Å²) in [6.07, 6.45) is 4.43. The van der Waals surface area contributed by atoms with Crippen molar-refractivity contribution in [2.24, 2.45) is 0 Å². The van der Waals surface area contributed by atoms with Gasteiger partial charge in [-0.2, -0.15) is 0 Å². The SMILES string of the molecule is COc1cccc(C(=O)N2CCCCCCN(C)C(=O)c3ccccc3OC[C@H]2Cc2ccccc2)c1. The summed E-state index contributed by atoms with van der Waals surface area (Å²) in [6.45, 7) is 1.60. The molecule has 0 radical (unpaired) electrons. The fourth-order valence-electron chi connectivity index (χ4n) is 4.76. The summed E-state index contributed by atoms with van der Waals surface area (Å²) >= 11 is 0. The normalized spacial score (nSPS) is 17.4. The number of methoxy groups -OCH3 is 1. The molecule has 194 valence electrons. The van der Waals surface area contributed by atoms with Crippen molar-refractivity contribution < 1.29 is 19.1 Å². The molecule has 0 spiro atoms. The van der Waals surface area contributed by atoms with E-state index in [1.54, 1.807) is 18.1 Å². The van der Waals surface area contributed by atoms with E-state index >= 15 is 0 Å². The molecule has 0 aliphatic carbocycles. The number of carbonyl (C=O) groups is 2. The molecule has 6 heteroatoms. The van der Waals surface area contributed by atoms with Crippen LogP contribution >= 0.6 is 0 Å². The minimum Gasteiger partial charge on any atom is -0.497 e. The third-order valence-electron chi connectivity index (χ3n) is 6.87. The Bertz CT molecular complexity index is 1180. The van der Waals surface area contributed by atoms with Gasteiger partial charge in [0.15, 0.2) is 0 Å². The first-order valence-corrected chi connectivity index (χ1v) is 13.0. The molecule has 1 aliphatic rings. The average Bonchev–Trinajstić information content (AvgIpc) is 2.94. The Kier molecular flexibility index (Phi) is 9.19. The standard InChI is InChI=1S/C31H36N2O4/c1-32-19-10-3-4-11-20-33(30(34)25-15-12-16-27(22-25)36-2)26(21-24-13-6-5-7-14-24)23-37-29-18-9-8-17-28(29)31(32)35/h5-9,12-18,22,26H,3-4,10-11,19-21,23H2,1-2H3/t26-/m1/s1. The van der Waals surface area contributed by atoms with Gasteiger partial charge in [0.2, 0.25) is 0 Å². The van der Waals surface area contributed by atoms with Crippen LogP contribution < -0.4 is 9.47 Å². The fraction of sp³-hybridized carbons (Fsp3) is 0.355. The van der Waals surface area contributed by atoms with Crippen LogP contribution in [-0.2, 0) is 6.42 Å². The van der Waals surface area contributed by atoms with Gasteiger partial charge in [0, 0.05) is 25.7 Å². The Morgan fingerprint density at radius 2 is 1.65 bits per heavy atom. The molecule has 3 aromatic rings. The van der Waals surface area contributed by atoms with Crippen LogP contribution in [0.4, 0.5) is 0 Å². The molecule has 0 fully saturated rings. The van der Waals surface area contributed by atoms with E-state index in [0.717, 1.165) is 31.2 Å². The maximum absolute atomic E-state index is 13.9. The van der Waals surface area contributed by atoms with Crippen molar-refractivity contribution in [3.63, 3.8) is 0 Å². The van der Waals surface area contributed by atoms with Crippen LogP contribution in [0.3, 0.4) is 0 Å². The highest BCUT2D eigenvalue weighted by Gasteiger charge is 2.27. The molecule has 2 amide bonds. The summed E-state index contributed by atoms with van der Waals surface area (Å²) < 4.78 is 11.7. The van der Waals surface area contributed by atoms with Crippen molar-refractivity contribution in [2.45, 2.75) is 38.1 Å². The maximum atomic E-state index is 13.9. The lowest BCUT2D eigenvalue weighted by Crippen LogP contribution is -2.45. The molecular weight excluding hydrogens is 464 g/mol. The molecule has 37 heavy (non-hydrogen) atoms. The third-order valence-corrected chi connectivity index (χ3v) is 6.87. The quantitative estimate of drug-likeness (QED) is 0.476. The van der Waals surface area contributed by atoms with Gasteiger partial charge in [-0.1, -0.05) is 61.4 Å². The monoisotopic (exact) mass is 500 g/mol. The molecule has 0 unspecified atom stereocenters. The lowest BCUT2D eigenvalue weighted by molar-refractivity contribution is 0.0599. The van der Waals surface area contributed by atoms with Crippen molar-refractivity contribution in [3.8, 4) is 11.5 Å². The van der Waals surface area contributed by atoms with E-state index < -0.39 is 0 Å². The van der Waals surface area contributed by atoms with Crippen molar-refractivity contribution in [1.82, 2.24) is 9.80 Å². The van der Waals surface area contributed by atoms with Gasteiger partial charge in [-0.05, 0) is 55.2 Å².